The molecule has 0 bridgehead atoms. The van der Waals surface area contributed by atoms with Crippen molar-refractivity contribution in [3.8, 4) is 10.6 Å². The molecule has 0 saturated heterocycles. The molecule has 4 aromatic rings. The minimum atomic E-state index is -0.674. The van der Waals surface area contributed by atoms with E-state index >= 15 is 0 Å². The number of nitrogens with zero attached hydrogens (tertiary/aromatic N) is 5. The van der Waals surface area contributed by atoms with Crippen LogP contribution in [0.2, 0.25) is 0 Å². The summed E-state index contributed by atoms with van der Waals surface area (Å²) < 4.78 is 1.64. The Bertz CT molecular complexity index is 1300. The molecular formula is C18H13N7O3S2. The summed E-state index contributed by atoms with van der Waals surface area (Å²) in [5.41, 5.74) is 1.00. The van der Waals surface area contributed by atoms with Gasteiger partial charge in [0, 0.05) is 11.6 Å². The van der Waals surface area contributed by atoms with Crippen LogP contribution < -0.4 is 10.6 Å². The molecule has 0 spiro atoms. The molecule has 0 aliphatic heterocycles. The Hall–Kier alpha value is -3.77. The van der Waals surface area contributed by atoms with Crippen LogP contribution in [-0.4, -0.2) is 35.8 Å². The fourth-order valence-electron chi connectivity index (χ4n) is 2.75. The lowest BCUT2D eigenvalue weighted by molar-refractivity contribution is -0.385. The monoisotopic (exact) mass is 439 g/mol. The quantitative estimate of drug-likeness (QED) is 0.282. The van der Waals surface area contributed by atoms with Crippen molar-refractivity contribution in [3.05, 3.63) is 70.0 Å². The Kier molecular flexibility index (Phi) is 5.16. The van der Waals surface area contributed by atoms with Crippen LogP contribution in [0.4, 0.5) is 11.4 Å². The van der Waals surface area contributed by atoms with E-state index in [0.717, 1.165) is 5.56 Å². The van der Waals surface area contributed by atoms with Gasteiger partial charge in [0.1, 0.15) is 10.6 Å². The maximum absolute atomic E-state index is 12.5. The first-order valence-corrected chi connectivity index (χ1v) is 9.80. The number of nitrogens with one attached hydrogen (secondary N) is 2. The molecule has 30 heavy (non-hydrogen) atoms. The minimum Gasteiger partial charge on any atom is -0.332 e. The van der Waals surface area contributed by atoms with Crippen LogP contribution in [-0.2, 0) is 0 Å². The molecule has 2 aromatic carbocycles. The third-order valence-electron chi connectivity index (χ3n) is 4.12. The van der Waals surface area contributed by atoms with Gasteiger partial charge in [-0.1, -0.05) is 35.6 Å². The summed E-state index contributed by atoms with van der Waals surface area (Å²) >= 11 is 6.60. The molecule has 0 unspecified atom stereocenters. The van der Waals surface area contributed by atoms with Crippen molar-refractivity contribution in [2.75, 3.05) is 5.32 Å². The molecule has 0 saturated carbocycles. The Morgan fingerprint density at radius 1 is 1.17 bits per heavy atom. The van der Waals surface area contributed by atoms with Crippen molar-refractivity contribution in [2.45, 2.75) is 6.92 Å². The summed E-state index contributed by atoms with van der Waals surface area (Å²) in [5.74, 6) is -0.00289. The van der Waals surface area contributed by atoms with Crippen molar-refractivity contribution in [3.63, 3.8) is 0 Å². The van der Waals surface area contributed by atoms with Gasteiger partial charge in [0.2, 0.25) is 4.96 Å². The SMILES string of the molecule is Cc1nnc2sc(-c3ccccc3NC(=S)NC(=O)c3ccccc3[N+](=O)[O-])nn12. The average Bonchev–Trinajstić information content (AvgIpc) is 3.30. The molecule has 4 rings (SSSR count). The van der Waals surface area contributed by atoms with Crippen molar-refractivity contribution in [1.29, 1.82) is 0 Å². The van der Waals surface area contributed by atoms with Gasteiger partial charge < -0.3 is 5.32 Å². The van der Waals surface area contributed by atoms with Gasteiger partial charge in [-0.15, -0.1) is 10.2 Å². The Labute approximate surface area is 178 Å². The number of para-hydroxylation sites is 2. The van der Waals surface area contributed by atoms with E-state index in [1.54, 1.807) is 23.6 Å². The molecule has 12 heteroatoms. The molecule has 0 radical (unpaired) electrons. The normalized spacial score (nSPS) is 10.7. The number of rotatable bonds is 4. The van der Waals surface area contributed by atoms with E-state index in [4.69, 9.17) is 12.2 Å². The molecule has 0 atom stereocenters. The lowest BCUT2D eigenvalue weighted by Crippen LogP contribution is -2.34. The number of hydrogen-bond acceptors (Lipinski definition) is 8. The third kappa shape index (κ3) is 3.73. The van der Waals surface area contributed by atoms with E-state index in [1.807, 2.05) is 18.2 Å². The number of benzene rings is 2. The predicted molar refractivity (Wildman–Crippen MR) is 116 cm³/mol. The molecule has 2 heterocycles. The predicted octanol–water partition coefficient (Wildman–Crippen LogP) is 3.20. The maximum Gasteiger partial charge on any atom is 0.282 e. The zero-order valence-electron chi connectivity index (χ0n) is 15.4. The van der Waals surface area contributed by atoms with E-state index < -0.39 is 10.8 Å². The lowest BCUT2D eigenvalue weighted by Gasteiger charge is -2.12. The van der Waals surface area contributed by atoms with Gasteiger partial charge >= 0.3 is 0 Å². The number of carbonyl (C=O) groups excluding carboxylic acids is 1. The van der Waals surface area contributed by atoms with Gasteiger partial charge in [-0.25, -0.2) is 0 Å². The number of anilines is 1. The highest BCUT2D eigenvalue weighted by Gasteiger charge is 2.20. The van der Waals surface area contributed by atoms with E-state index in [0.29, 0.717) is 21.5 Å². The number of nitro benzene ring substituents is 1. The molecule has 10 nitrogen and oxygen atoms in total. The van der Waals surface area contributed by atoms with E-state index in [9.17, 15) is 14.9 Å². The second kappa shape index (κ2) is 7.93. The van der Waals surface area contributed by atoms with E-state index in [2.05, 4.69) is 25.9 Å². The van der Waals surface area contributed by atoms with Crippen LogP contribution >= 0.6 is 23.6 Å². The number of amides is 1. The summed E-state index contributed by atoms with van der Waals surface area (Å²) in [7, 11) is 0. The molecule has 150 valence electrons. The second-order valence-electron chi connectivity index (χ2n) is 6.08. The van der Waals surface area contributed by atoms with Crippen LogP contribution in [0.15, 0.2) is 48.5 Å². The molecule has 0 aliphatic carbocycles. The molecule has 2 aromatic heterocycles. The molecular weight excluding hydrogens is 426 g/mol. The van der Waals surface area contributed by atoms with Crippen LogP contribution in [0.25, 0.3) is 15.5 Å². The first-order chi connectivity index (χ1) is 14.4. The number of hydrogen-bond donors (Lipinski definition) is 2. The number of carbonyl (C=O) groups is 1. The summed E-state index contributed by atoms with van der Waals surface area (Å²) in [4.78, 5) is 23.7. The van der Waals surface area contributed by atoms with E-state index in [-0.39, 0.29) is 16.4 Å². The average molecular weight is 439 g/mol. The van der Waals surface area contributed by atoms with Gasteiger partial charge in [0.15, 0.2) is 10.9 Å². The number of thiocarbonyl (C=S) groups is 1. The maximum atomic E-state index is 12.5. The van der Waals surface area contributed by atoms with E-state index in [1.165, 1.54) is 29.5 Å². The smallest absolute Gasteiger partial charge is 0.282 e. The highest BCUT2D eigenvalue weighted by molar-refractivity contribution is 7.80. The lowest BCUT2D eigenvalue weighted by atomic mass is 10.1. The molecule has 1 amide bonds. The first-order valence-electron chi connectivity index (χ1n) is 8.58. The van der Waals surface area contributed by atoms with Crippen LogP contribution in [0.1, 0.15) is 16.2 Å². The topological polar surface area (TPSA) is 127 Å². The molecule has 0 aliphatic rings. The fraction of sp³-hybridized carbons (Fsp3) is 0.0556. The van der Waals surface area contributed by atoms with Gasteiger partial charge in [-0.3, -0.25) is 20.2 Å². The number of aryl methyl sites for hydroxylation is 1. The van der Waals surface area contributed by atoms with Crippen LogP contribution in [0.5, 0.6) is 0 Å². The van der Waals surface area contributed by atoms with Gasteiger partial charge in [-0.2, -0.15) is 9.61 Å². The molecule has 0 fully saturated rings. The number of fused-ring (bicyclic) bond motifs is 1. The molecule has 2 N–H and O–H groups in total. The third-order valence-corrected chi connectivity index (χ3v) is 5.26. The first kappa shape index (κ1) is 19.5. The highest BCUT2D eigenvalue weighted by atomic mass is 32.1. The minimum absolute atomic E-state index is 0.00443. The summed E-state index contributed by atoms with van der Waals surface area (Å²) in [5, 5.41) is 29.8. The standard InChI is InChI=1S/C18H13N7O3S2/c1-10-21-22-18-24(10)23-16(30-18)11-6-2-4-8-13(11)19-17(29)20-15(26)12-7-3-5-9-14(12)25(27)28/h2-9H,1H3,(H2,19,20,26,29). The summed E-state index contributed by atoms with van der Waals surface area (Å²) in [6, 6.07) is 13.0. The van der Waals surface area contributed by atoms with Crippen LogP contribution in [0, 0.1) is 17.0 Å². The van der Waals surface area contributed by atoms with Gasteiger partial charge in [-0.05, 0) is 37.3 Å². The van der Waals surface area contributed by atoms with Crippen LogP contribution in [0.3, 0.4) is 0 Å². The number of nitro groups is 1. The largest absolute Gasteiger partial charge is 0.332 e. The number of aromatic nitrogens is 4. The van der Waals surface area contributed by atoms with Gasteiger partial charge in [0.05, 0.1) is 10.6 Å². The highest BCUT2D eigenvalue weighted by Crippen LogP contribution is 2.31. The van der Waals surface area contributed by atoms with Crippen molar-refractivity contribution >= 4 is 50.9 Å². The second-order valence-corrected chi connectivity index (χ2v) is 7.44. The Balaban J connectivity index is 1.56. The zero-order valence-corrected chi connectivity index (χ0v) is 17.0. The van der Waals surface area contributed by atoms with Crippen molar-refractivity contribution < 1.29 is 9.72 Å². The fourth-order valence-corrected chi connectivity index (χ4v) is 3.88. The van der Waals surface area contributed by atoms with Gasteiger partial charge in [0.25, 0.3) is 11.6 Å². The summed E-state index contributed by atoms with van der Waals surface area (Å²) in [6.07, 6.45) is 0. The summed E-state index contributed by atoms with van der Waals surface area (Å²) in [6.45, 7) is 1.81. The Morgan fingerprint density at radius 2 is 1.90 bits per heavy atom. The zero-order chi connectivity index (χ0) is 21.3. The Morgan fingerprint density at radius 3 is 2.67 bits per heavy atom. The van der Waals surface area contributed by atoms with Crippen molar-refractivity contribution in [1.82, 2.24) is 25.1 Å². The van der Waals surface area contributed by atoms with Crippen molar-refractivity contribution in [2.24, 2.45) is 0 Å².